The van der Waals surface area contributed by atoms with E-state index in [1.54, 1.807) is 0 Å². The molecule has 0 unspecified atom stereocenters. The minimum atomic E-state index is 0.257. The number of benzene rings is 1. The lowest BCUT2D eigenvalue weighted by Gasteiger charge is -2.44. The van der Waals surface area contributed by atoms with E-state index >= 15 is 0 Å². The number of piperidine rings is 3. The number of fused-ring (bicyclic) bond motifs is 3. The highest BCUT2D eigenvalue weighted by Crippen LogP contribution is 2.29. The summed E-state index contributed by atoms with van der Waals surface area (Å²) in [6.45, 7) is 3.44. The van der Waals surface area contributed by atoms with Crippen molar-refractivity contribution in [1.82, 2.24) is 15.1 Å². The molecule has 4 heterocycles. The van der Waals surface area contributed by atoms with Crippen molar-refractivity contribution in [2.45, 2.75) is 18.9 Å². The van der Waals surface area contributed by atoms with Gasteiger partial charge >= 0.3 is 0 Å². The van der Waals surface area contributed by atoms with Gasteiger partial charge in [-0.3, -0.25) is 4.90 Å². The van der Waals surface area contributed by atoms with Gasteiger partial charge in [-0.1, -0.05) is 24.1 Å². The van der Waals surface area contributed by atoms with Crippen LogP contribution in [0.2, 0.25) is 0 Å². The van der Waals surface area contributed by atoms with E-state index in [0.717, 1.165) is 12.1 Å². The molecule has 0 spiro atoms. The molecule has 0 amide bonds. The summed E-state index contributed by atoms with van der Waals surface area (Å²) in [6.07, 6.45) is 2.73. The third kappa shape index (κ3) is 3.35. The molecule has 0 N–H and O–H groups in total. The number of hydrogen-bond donors (Lipinski definition) is 0. The van der Waals surface area contributed by atoms with Crippen molar-refractivity contribution in [3.05, 3.63) is 53.7 Å². The normalized spacial score (nSPS) is 25.5. The van der Waals surface area contributed by atoms with Gasteiger partial charge < -0.3 is 4.74 Å². The van der Waals surface area contributed by atoms with Crippen molar-refractivity contribution in [3.63, 3.8) is 0 Å². The predicted molar refractivity (Wildman–Crippen MR) is 88.0 cm³/mol. The molecule has 0 radical (unpaired) electrons. The molecule has 2 aromatic rings. The molecule has 1 aromatic heterocycles. The fourth-order valence-corrected chi connectivity index (χ4v) is 3.31. The Kier molecular flexibility index (Phi) is 3.95. The van der Waals surface area contributed by atoms with Gasteiger partial charge in [-0.25, -0.2) is 0 Å². The number of hydrogen-bond acceptors (Lipinski definition) is 4. The molecule has 2 bridgehead atoms. The third-order valence-corrected chi connectivity index (χ3v) is 4.62. The molecule has 3 fully saturated rings. The fourth-order valence-electron chi connectivity index (χ4n) is 3.31. The van der Waals surface area contributed by atoms with Crippen molar-refractivity contribution in [2.24, 2.45) is 5.92 Å². The van der Waals surface area contributed by atoms with Crippen molar-refractivity contribution < 1.29 is 4.74 Å². The zero-order valence-electron chi connectivity index (χ0n) is 13.0. The molecule has 3 aliphatic rings. The van der Waals surface area contributed by atoms with Crippen LogP contribution < -0.4 is 4.74 Å². The first kappa shape index (κ1) is 14.2. The topological polar surface area (TPSA) is 38.2 Å². The molecule has 1 aromatic carbocycles. The largest absolute Gasteiger partial charge is 0.472 e. The van der Waals surface area contributed by atoms with Crippen LogP contribution in [0.1, 0.15) is 24.1 Å². The Labute approximate surface area is 136 Å². The smallest absolute Gasteiger partial charge is 0.233 e. The van der Waals surface area contributed by atoms with Crippen LogP contribution in [0.15, 0.2) is 42.5 Å². The van der Waals surface area contributed by atoms with E-state index in [1.807, 2.05) is 42.5 Å². The zero-order valence-corrected chi connectivity index (χ0v) is 13.0. The molecule has 0 saturated carbocycles. The summed E-state index contributed by atoms with van der Waals surface area (Å²) < 4.78 is 6.04. The maximum Gasteiger partial charge on any atom is 0.233 e. The standard InChI is InChI=1S/C19H19N3O/c1-2-4-15(5-3-1)6-7-17-8-9-19(21-20-17)23-18-14-22-12-10-16(18)11-13-22/h1-5,8-9,16,18H,10-14H2/t18-/m1/s1. The van der Waals surface area contributed by atoms with Gasteiger partial charge in [0.15, 0.2) is 0 Å². The molecular weight excluding hydrogens is 286 g/mol. The second-order valence-corrected chi connectivity index (χ2v) is 6.17. The Morgan fingerprint density at radius 1 is 0.957 bits per heavy atom. The van der Waals surface area contributed by atoms with Crippen molar-refractivity contribution >= 4 is 0 Å². The lowest BCUT2D eigenvalue weighted by molar-refractivity contribution is -0.0104. The fraction of sp³-hybridized carbons (Fsp3) is 0.368. The molecule has 116 valence electrons. The summed E-state index contributed by atoms with van der Waals surface area (Å²) in [5.74, 6) is 7.39. The number of ether oxygens (including phenoxy) is 1. The summed E-state index contributed by atoms with van der Waals surface area (Å²) in [7, 11) is 0. The van der Waals surface area contributed by atoms with Crippen LogP contribution in [0.3, 0.4) is 0 Å². The van der Waals surface area contributed by atoms with E-state index < -0.39 is 0 Å². The maximum absolute atomic E-state index is 6.04. The molecule has 4 heteroatoms. The Bertz CT molecular complexity index is 710. The van der Waals surface area contributed by atoms with E-state index in [2.05, 4.69) is 26.9 Å². The first-order chi connectivity index (χ1) is 11.4. The Morgan fingerprint density at radius 2 is 1.78 bits per heavy atom. The van der Waals surface area contributed by atoms with Gasteiger partial charge in [0.1, 0.15) is 11.8 Å². The molecular formula is C19H19N3O. The van der Waals surface area contributed by atoms with Crippen LogP contribution in [0.4, 0.5) is 0 Å². The number of nitrogens with zero attached hydrogens (tertiary/aromatic N) is 3. The van der Waals surface area contributed by atoms with Gasteiger partial charge in [-0.05, 0) is 56.0 Å². The summed E-state index contributed by atoms with van der Waals surface area (Å²) in [4.78, 5) is 2.47. The maximum atomic E-state index is 6.04. The summed E-state index contributed by atoms with van der Waals surface area (Å²) >= 11 is 0. The molecule has 4 nitrogen and oxygen atoms in total. The SMILES string of the molecule is C(#Cc1ccc(O[C@@H]2CN3CCC2CC3)nn1)c1ccccc1. The minimum absolute atomic E-state index is 0.257. The van der Waals surface area contributed by atoms with Crippen LogP contribution in [0, 0.1) is 17.8 Å². The van der Waals surface area contributed by atoms with Crippen LogP contribution in [-0.4, -0.2) is 40.8 Å². The highest BCUT2D eigenvalue weighted by molar-refractivity contribution is 5.39. The highest BCUT2D eigenvalue weighted by Gasteiger charge is 2.35. The van der Waals surface area contributed by atoms with Crippen LogP contribution in [0.25, 0.3) is 0 Å². The first-order valence-corrected chi connectivity index (χ1v) is 8.17. The van der Waals surface area contributed by atoms with Gasteiger partial charge in [-0.2, -0.15) is 0 Å². The van der Waals surface area contributed by atoms with Crippen LogP contribution in [0.5, 0.6) is 5.88 Å². The number of rotatable bonds is 2. The number of aromatic nitrogens is 2. The van der Waals surface area contributed by atoms with Gasteiger partial charge in [0.2, 0.25) is 5.88 Å². The molecule has 3 saturated heterocycles. The lowest BCUT2D eigenvalue weighted by atomic mass is 9.86. The predicted octanol–water partition coefficient (Wildman–Crippen LogP) is 2.35. The van der Waals surface area contributed by atoms with Crippen molar-refractivity contribution in [2.75, 3.05) is 19.6 Å². The van der Waals surface area contributed by atoms with Gasteiger partial charge in [0, 0.05) is 18.2 Å². The monoisotopic (exact) mass is 305 g/mol. The quantitative estimate of drug-likeness (QED) is 0.798. The van der Waals surface area contributed by atoms with Crippen LogP contribution >= 0.6 is 0 Å². The molecule has 5 rings (SSSR count). The van der Waals surface area contributed by atoms with E-state index in [-0.39, 0.29) is 6.10 Å². The summed E-state index contributed by atoms with van der Waals surface area (Å²) in [5, 5.41) is 8.33. The second-order valence-electron chi connectivity index (χ2n) is 6.17. The highest BCUT2D eigenvalue weighted by atomic mass is 16.5. The van der Waals surface area contributed by atoms with Crippen LogP contribution in [-0.2, 0) is 0 Å². The first-order valence-electron chi connectivity index (χ1n) is 8.17. The molecule has 1 atom stereocenters. The Balaban J connectivity index is 1.41. The van der Waals surface area contributed by atoms with Crippen molar-refractivity contribution in [1.29, 1.82) is 0 Å². The van der Waals surface area contributed by atoms with E-state index in [1.165, 1.54) is 25.9 Å². The average Bonchev–Trinajstić information content (AvgIpc) is 2.63. The lowest BCUT2D eigenvalue weighted by Crippen LogP contribution is -2.52. The van der Waals surface area contributed by atoms with Crippen molar-refractivity contribution in [3.8, 4) is 17.7 Å². The van der Waals surface area contributed by atoms with Gasteiger partial charge in [0.25, 0.3) is 0 Å². The molecule has 0 aliphatic carbocycles. The Morgan fingerprint density at radius 3 is 2.43 bits per heavy atom. The third-order valence-electron chi connectivity index (χ3n) is 4.62. The minimum Gasteiger partial charge on any atom is -0.472 e. The van der Waals surface area contributed by atoms with E-state index in [4.69, 9.17) is 4.74 Å². The average molecular weight is 305 g/mol. The molecule has 23 heavy (non-hydrogen) atoms. The summed E-state index contributed by atoms with van der Waals surface area (Å²) in [5.41, 5.74) is 1.64. The van der Waals surface area contributed by atoms with Gasteiger partial charge in [0.05, 0.1) is 0 Å². The second kappa shape index (κ2) is 6.39. The van der Waals surface area contributed by atoms with Gasteiger partial charge in [-0.15, -0.1) is 10.2 Å². The van der Waals surface area contributed by atoms with E-state index in [9.17, 15) is 0 Å². The summed E-state index contributed by atoms with van der Waals surface area (Å²) in [6, 6.07) is 13.6. The molecule has 3 aliphatic heterocycles. The Hall–Kier alpha value is -2.38. The van der Waals surface area contributed by atoms with E-state index in [0.29, 0.717) is 17.5 Å². The zero-order chi connectivity index (χ0) is 15.5.